The van der Waals surface area contributed by atoms with Crippen molar-refractivity contribution in [1.29, 1.82) is 0 Å². The van der Waals surface area contributed by atoms with Crippen LogP contribution < -0.4 is 15.5 Å². The summed E-state index contributed by atoms with van der Waals surface area (Å²) >= 11 is 0. The van der Waals surface area contributed by atoms with Gasteiger partial charge in [-0.1, -0.05) is 12.1 Å². The van der Waals surface area contributed by atoms with Crippen molar-refractivity contribution in [2.24, 2.45) is 7.05 Å². The van der Waals surface area contributed by atoms with Crippen LogP contribution in [0.3, 0.4) is 0 Å². The molecule has 23 heavy (non-hydrogen) atoms. The summed E-state index contributed by atoms with van der Waals surface area (Å²) in [5, 5.41) is 9.89. The molecule has 2 N–H and O–H groups in total. The Morgan fingerprint density at radius 1 is 1.30 bits per heavy atom. The quantitative estimate of drug-likeness (QED) is 0.915. The van der Waals surface area contributed by atoms with E-state index in [0.717, 1.165) is 25.9 Å². The van der Waals surface area contributed by atoms with Crippen molar-refractivity contribution in [2.75, 3.05) is 23.3 Å². The number of rotatable bonds is 3. The smallest absolute Gasteiger partial charge is 0.319 e. The first-order valence-corrected chi connectivity index (χ1v) is 7.98. The molecule has 0 aliphatic carbocycles. The highest BCUT2D eigenvalue weighted by Crippen LogP contribution is 2.21. The summed E-state index contributed by atoms with van der Waals surface area (Å²) < 4.78 is 1.66. The molecule has 1 aromatic heterocycles. The molecule has 122 valence electrons. The second-order valence-electron chi connectivity index (χ2n) is 6.10. The maximum absolute atomic E-state index is 12.0. The molecule has 1 aromatic carbocycles. The Morgan fingerprint density at radius 3 is 2.74 bits per heavy atom. The molecule has 1 saturated heterocycles. The van der Waals surface area contributed by atoms with Gasteiger partial charge in [-0.15, -0.1) is 0 Å². The molecule has 2 aromatic rings. The predicted molar refractivity (Wildman–Crippen MR) is 91.8 cm³/mol. The lowest BCUT2D eigenvalue weighted by Crippen LogP contribution is -2.46. The van der Waals surface area contributed by atoms with E-state index in [2.05, 4.69) is 51.8 Å². The van der Waals surface area contributed by atoms with Gasteiger partial charge in [-0.05, 0) is 37.5 Å². The third-order valence-corrected chi connectivity index (χ3v) is 4.16. The van der Waals surface area contributed by atoms with Gasteiger partial charge in [0, 0.05) is 38.1 Å². The topological polar surface area (TPSA) is 62.2 Å². The molecule has 3 rings (SSSR count). The van der Waals surface area contributed by atoms with Crippen LogP contribution in [0.5, 0.6) is 0 Å². The third-order valence-electron chi connectivity index (χ3n) is 4.16. The van der Waals surface area contributed by atoms with Gasteiger partial charge >= 0.3 is 6.03 Å². The molecule has 0 bridgehead atoms. The van der Waals surface area contributed by atoms with E-state index in [1.807, 2.05) is 7.05 Å². The third kappa shape index (κ3) is 4.03. The van der Waals surface area contributed by atoms with E-state index in [-0.39, 0.29) is 12.1 Å². The molecular weight excluding hydrogens is 290 g/mol. The molecule has 0 saturated carbocycles. The minimum atomic E-state index is -0.160. The number of piperidine rings is 1. The zero-order valence-electron chi connectivity index (χ0n) is 13.6. The first-order valence-electron chi connectivity index (χ1n) is 7.98. The largest absolute Gasteiger partial charge is 0.371 e. The Hall–Kier alpha value is -2.50. The second kappa shape index (κ2) is 6.73. The second-order valence-corrected chi connectivity index (χ2v) is 6.10. The summed E-state index contributed by atoms with van der Waals surface area (Å²) in [6.45, 7) is 4.03. The molecule has 1 aliphatic heterocycles. The van der Waals surface area contributed by atoms with Crippen LogP contribution in [0.25, 0.3) is 0 Å². The standard InChI is InChI=1S/C17H23N5O/c1-13-4-3-5-16(10-13)22-8-6-14(7-9-22)19-17(23)20-15-11-18-21(2)12-15/h3-5,10-12,14H,6-9H2,1-2H3,(H2,19,20,23). The van der Waals surface area contributed by atoms with Crippen molar-refractivity contribution in [3.63, 3.8) is 0 Å². The molecule has 0 spiro atoms. The molecule has 1 fully saturated rings. The van der Waals surface area contributed by atoms with E-state index >= 15 is 0 Å². The van der Waals surface area contributed by atoms with Gasteiger partial charge in [-0.2, -0.15) is 5.10 Å². The summed E-state index contributed by atoms with van der Waals surface area (Å²) in [5.74, 6) is 0. The van der Waals surface area contributed by atoms with Gasteiger partial charge < -0.3 is 15.5 Å². The van der Waals surface area contributed by atoms with E-state index in [1.54, 1.807) is 17.1 Å². The number of amides is 2. The van der Waals surface area contributed by atoms with E-state index in [0.29, 0.717) is 5.69 Å². The summed E-state index contributed by atoms with van der Waals surface area (Å²) in [6, 6.07) is 8.62. The molecule has 6 nitrogen and oxygen atoms in total. The molecule has 0 atom stereocenters. The number of carbonyl (C=O) groups is 1. The van der Waals surface area contributed by atoms with Crippen LogP contribution in [-0.2, 0) is 7.05 Å². The van der Waals surface area contributed by atoms with Crippen molar-refractivity contribution in [2.45, 2.75) is 25.8 Å². The summed E-state index contributed by atoms with van der Waals surface area (Å²) in [4.78, 5) is 14.4. The van der Waals surface area contributed by atoms with Crippen LogP contribution in [0, 0.1) is 6.92 Å². The number of nitrogens with one attached hydrogen (secondary N) is 2. The van der Waals surface area contributed by atoms with E-state index in [4.69, 9.17) is 0 Å². The van der Waals surface area contributed by atoms with Crippen LogP contribution in [-0.4, -0.2) is 34.9 Å². The number of anilines is 2. The Labute approximate surface area is 136 Å². The number of aromatic nitrogens is 2. The monoisotopic (exact) mass is 313 g/mol. The lowest BCUT2D eigenvalue weighted by molar-refractivity contribution is 0.246. The summed E-state index contributed by atoms with van der Waals surface area (Å²) in [7, 11) is 1.82. The average Bonchev–Trinajstić information content (AvgIpc) is 2.93. The molecular formula is C17H23N5O. The van der Waals surface area contributed by atoms with Crippen LogP contribution in [0.1, 0.15) is 18.4 Å². The average molecular weight is 313 g/mol. The Kier molecular flexibility index (Phi) is 4.50. The fraction of sp³-hybridized carbons (Fsp3) is 0.412. The normalized spacial score (nSPS) is 15.5. The zero-order valence-corrected chi connectivity index (χ0v) is 13.6. The highest BCUT2D eigenvalue weighted by molar-refractivity contribution is 5.89. The summed E-state index contributed by atoms with van der Waals surface area (Å²) in [5.41, 5.74) is 3.25. The molecule has 6 heteroatoms. The number of carbonyl (C=O) groups excluding carboxylic acids is 1. The van der Waals surface area contributed by atoms with E-state index in [1.165, 1.54) is 11.3 Å². The van der Waals surface area contributed by atoms with Gasteiger partial charge in [-0.3, -0.25) is 4.68 Å². The predicted octanol–water partition coefficient (Wildman–Crippen LogP) is 2.52. The molecule has 0 radical (unpaired) electrons. The van der Waals surface area contributed by atoms with Gasteiger partial charge in [-0.25, -0.2) is 4.79 Å². The van der Waals surface area contributed by atoms with Crippen LogP contribution in [0.15, 0.2) is 36.7 Å². The highest BCUT2D eigenvalue weighted by Gasteiger charge is 2.21. The molecule has 0 unspecified atom stereocenters. The Morgan fingerprint density at radius 2 is 2.09 bits per heavy atom. The first-order chi connectivity index (χ1) is 11.1. The van der Waals surface area contributed by atoms with E-state index in [9.17, 15) is 4.79 Å². The number of urea groups is 1. The lowest BCUT2D eigenvalue weighted by atomic mass is 10.0. The Bertz CT molecular complexity index is 673. The first kappa shape index (κ1) is 15.4. The SMILES string of the molecule is Cc1cccc(N2CCC(NC(=O)Nc3cnn(C)c3)CC2)c1. The number of hydrogen-bond donors (Lipinski definition) is 2. The van der Waals surface area contributed by atoms with Crippen LogP contribution in [0.4, 0.5) is 16.2 Å². The number of benzene rings is 1. The number of hydrogen-bond acceptors (Lipinski definition) is 3. The number of nitrogens with zero attached hydrogens (tertiary/aromatic N) is 3. The van der Waals surface area contributed by atoms with Gasteiger partial charge in [0.15, 0.2) is 0 Å². The van der Waals surface area contributed by atoms with Crippen molar-refractivity contribution in [1.82, 2.24) is 15.1 Å². The van der Waals surface area contributed by atoms with Gasteiger partial charge in [0.25, 0.3) is 0 Å². The fourth-order valence-corrected chi connectivity index (χ4v) is 2.95. The maximum Gasteiger partial charge on any atom is 0.319 e. The van der Waals surface area contributed by atoms with Crippen LogP contribution >= 0.6 is 0 Å². The molecule has 1 aliphatic rings. The van der Waals surface area contributed by atoms with Crippen LogP contribution in [0.2, 0.25) is 0 Å². The molecule has 2 heterocycles. The minimum absolute atomic E-state index is 0.160. The molecule has 2 amide bonds. The Balaban J connectivity index is 1.48. The number of aryl methyl sites for hydroxylation is 2. The van der Waals surface area contributed by atoms with Gasteiger partial charge in [0.1, 0.15) is 0 Å². The fourth-order valence-electron chi connectivity index (χ4n) is 2.95. The van der Waals surface area contributed by atoms with Gasteiger partial charge in [0.05, 0.1) is 11.9 Å². The van der Waals surface area contributed by atoms with Crippen molar-refractivity contribution >= 4 is 17.4 Å². The summed E-state index contributed by atoms with van der Waals surface area (Å²) in [6.07, 6.45) is 5.32. The lowest BCUT2D eigenvalue weighted by Gasteiger charge is -2.34. The van der Waals surface area contributed by atoms with Crippen molar-refractivity contribution < 1.29 is 4.79 Å². The minimum Gasteiger partial charge on any atom is -0.371 e. The van der Waals surface area contributed by atoms with Crippen molar-refractivity contribution in [3.05, 3.63) is 42.2 Å². The maximum atomic E-state index is 12.0. The zero-order chi connectivity index (χ0) is 16.2. The van der Waals surface area contributed by atoms with Gasteiger partial charge in [0.2, 0.25) is 0 Å². The van der Waals surface area contributed by atoms with E-state index < -0.39 is 0 Å². The van der Waals surface area contributed by atoms with Crippen molar-refractivity contribution in [3.8, 4) is 0 Å². The highest BCUT2D eigenvalue weighted by atomic mass is 16.2.